The minimum Gasteiger partial charge on any atom is -0.346 e. The van der Waals surface area contributed by atoms with E-state index in [1.165, 1.54) is 11.9 Å². The molecule has 7 heteroatoms. The van der Waals surface area contributed by atoms with Gasteiger partial charge in [-0.15, -0.1) is 5.10 Å². The molecule has 4 rings (SSSR count). The van der Waals surface area contributed by atoms with E-state index in [1.807, 2.05) is 74.5 Å². The van der Waals surface area contributed by atoms with Crippen molar-refractivity contribution < 1.29 is 4.79 Å². The van der Waals surface area contributed by atoms with E-state index in [1.54, 1.807) is 10.7 Å². The number of halogens is 1. The highest BCUT2D eigenvalue weighted by Crippen LogP contribution is 2.25. The molecule has 0 bridgehead atoms. The molecule has 0 saturated heterocycles. The van der Waals surface area contributed by atoms with Gasteiger partial charge in [-0.3, -0.25) is 4.79 Å². The van der Waals surface area contributed by atoms with Gasteiger partial charge in [-0.05, 0) is 71.3 Å². The average Bonchev–Trinajstić information content (AvgIpc) is 3.29. The summed E-state index contributed by atoms with van der Waals surface area (Å²) in [4.78, 5) is 13.1. The zero-order chi connectivity index (χ0) is 21.1. The fourth-order valence-corrected chi connectivity index (χ4v) is 3.45. The Kier molecular flexibility index (Phi) is 5.72. The number of carbonyl (C=O) groups excluding carboxylic acids is 1. The third-order valence-electron chi connectivity index (χ3n) is 4.90. The van der Waals surface area contributed by atoms with E-state index < -0.39 is 0 Å². The molecule has 30 heavy (non-hydrogen) atoms. The summed E-state index contributed by atoms with van der Waals surface area (Å²) < 4.78 is 2.55. The lowest BCUT2D eigenvalue weighted by Crippen LogP contribution is -2.26. The zero-order valence-corrected chi connectivity index (χ0v) is 18.2. The van der Waals surface area contributed by atoms with E-state index in [9.17, 15) is 4.79 Å². The summed E-state index contributed by atoms with van der Waals surface area (Å²) in [5, 5.41) is 14.5. The van der Waals surface area contributed by atoms with Gasteiger partial charge in [0.1, 0.15) is 6.33 Å². The van der Waals surface area contributed by atoms with Gasteiger partial charge in [-0.25, -0.2) is 4.68 Å². The second-order valence-electron chi connectivity index (χ2n) is 7.14. The molecule has 4 aromatic rings. The van der Waals surface area contributed by atoms with Gasteiger partial charge in [0.05, 0.1) is 11.7 Å². The lowest BCUT2D eigenvalue weighted by Gasteiger charge is -2.16. The molecule has 6 nitrogen and oxygen atoms in total. The first kappa shape index (κ1) is 20.0. The van der Waals surface area contributed by atoms with Gasteiger partial charge in [0.15, 0.2) is 0 Å². The number of rotatable bonds is 5. The lowest BCUT2D eigenvalue weighted by atomic mass is 10.00. The number of nitrogens with zero attached hydrogens (tertiary/aromatic N) is 4. The second-order valence-corrected chi connectivity index (χ2v) is 8.05. The summed E-state index contributed by atoms with van der Waals surface area (Å²) in [5.41, 5.74) is 5.41. The van der Waals surface area contributed by atoms with Crippen molar-refractivity contribution in [2.75, 3.05) is 0 Å². The third kappa shape index (κ3) is 4.46. The summed E-state index contributed by atoms with van der Waals surface area (Å²) in [5.74, 6) is -0.159. The predicted molar refractivity (Wildman–Crippen MR) is 119 cm³/mol. The topological polar surface area (TPSA) is 72.7 Å². The van der Waals surface area contributed by atoms with Crippen molar-refractivity contribution in [3.63, 3.8) is 0 Å². The number of hydrogen-bond donors (Lipinski definition) is 1. The fraction of sp³-hybridized carbons (Fsp3) is 0.130. The van der Waals surface area contributed by atoms with Crippen LogP contribution in [0.15, 0.2) is 77.5 Å². The third-order valence-corrected chi connectivity index (χ3v) is 5.42. The van der Waals surface area contributed by atoms with Crippen molar-refractivity contribution in [1.82, 2.24) is 25.5 Å². The molecule has 1 aromatic heterocycles. The smallest absolute Gasteiger partial charge is 0.251 e. The van der Waals surface area contributed by atoms with Gasteiger partial charge < -0.3 is 5.32 Å². The number of amides is 1. The van der Waals surface area contributed by atoms with Crippen molar-refractivity contribution >= 4 is 21.8 Å². The highest BCUT2D eigenvalue weighted by molar-refractivity contribution is 9.10. The Balaban J connectivity index is 1.68. The number of tetrazole rings is 1. The minimum atomic E-state index is -0.159. The van der Waals surface area contributed by atoms with Crippen LogP contribution < -0.4 is 5.32 Å². The second kappa shape index (κ2) is 8.59. The minimum absolute atomic E-state index is 0.134. The molecule has 1 atom stereocenters. The normalized spacial score (nSPS) is 11.8. The van der Waals surface area contributed by atoms with Crippen LogP contribution in [0.25, 0.3) is 16.8 Å². The fourth-order valence-electron chi connectivity index (χ4n) is 3.18. The number of aryl methyl sites for hydroxylation is 1. The molecule has 0 radical (unpaired) electrons. The Morgan fingerprint density at radius 2 is 1.73 bits per heavy atom. The van der Waals surface area contributed by atoms with Crippen LogP contribution in [0.4, 0.5) is 0 Å². The molecule has 0 saturated carbocycles. The van der Waals surface area contributed by atoms with Crippen molar-refractivity contribution in [3.8, 4) is 16.8 Å². The highest BCUT2D eigenvalue weighted by atomic mass is 79.9. The monoisotopic (exact) mass is 461 g/mol. The first-order valence-corrected chi connectivity index (χ1v) is 10.3. The standard InChI is InChI=1S/C23H20BrN5O/c1-15-3-5-18(6-4-15)19-11-20(13-22(12-19)29-14-25-27-28-29)23(30)26-16(2)17-7-9-21(24)10-8-17/h3-14,16H,1-2H3,(H,26,30). The van der Waals surface area contributed by atoms with Crippen LogP contribution >= 0.6 is 15.9 Å². The SMILES string of the molecule is Cc1ccc(-c2cc(C(=O)NC(C)c3ccc(Br)cc3)cc(-n3cnnn3)c2)cc1. The molecule has 0 aliphatic rings. The largest absolute Gasteiger partial charge is 0.346 e. The Bertz CT molecular complexity index is 1160. The van der Waals surface area contributed by atoms with E-state index in [2.05, 4.69) is 36.8 Å². The Morgan fingerprint density at radius 1 is 1.00 bits per heavy atom. The first-order chi connectivity index (χ1) is 14.5. The molecule has 1 heterocycles. The number of benzene rings is 3. The molecule has 0 aliphatic carbocycles. The number of nitrogens with one attached hydrogen (secondary N) is 1. The van der Waals surface area contributed by atoms with Crippen LogP contribution in [0.2, 0.25) is 0 Å². The van der Waals surface area contributed by atoms with Crippen molar-refractivity contribution in [2.24, 2.45) is 0 Å². The molecule has 3 aromatic carbocycles. The maximum atomic E-state index is 13.1. The molecular formula is C23H20BrN5O. The average molecular weight is 462 g/mol. The molecule has 0 fully saturated rings. The molecule has 1 amide bonds. The molecule has 0 spiro atoms. The van der Waals surface area contributed by atoms with Gasteiger partial charge in [0.2, 0.25) is 0 Å². The number of aromatic nitrogens is 4. The van der Waals surface area contributed by atoms with Crippen LogP contribution in [0.5, 0.6) is 0 Å². The Morgan fingerprint density at radius 3 is 2.40 bits per heavy atom. The summed E-state index contributed by atoms with van der Waals surface area (Å²) in [6.45, 7) is 4.01. The van der Waals surface area contributed by atoms with Crippen LogP contribution in [-0.4, -0.2) is 26.1 Å². The molecule has 1 N–H and O–H groups in total. The van der Waals surface area contributed by atoms with Crippen molar-refractivity contribution in [3.05, 3.63) is 94.2 Å². The van der Waals surface area contributed by atoms with Crippen LogP contribution in [0, 0.1) is 6.92 Å². The highest BCUT2D eigenvalue weighted by Gasteiger charge is 2.15. The maximum absolute atomic E-state index is 13.1. The van der Waals surface area contributed by atoms with Gasteiger partial charge in [0.25, 0.3) is 5.91 Å². The van der Waals surface area contributed by atoms with E-state index in [0.717, 1.165) is 26.9 Å². The number of carbonyl (C=O) groups is 1. The maximum Gasteiger partial charge on any atom is 0.251 e. The summed E-state index contributed by atoms with van der Waals surface area (Å²) >= 11 is 3.44. The lowest BCUT2D eigenvalue weighted by molar-refractivity contribution is 0.0940. The predicted octanol–water partition coefficient (Wildman–Crippen LogP) is 4.89. The van der Waals surface area contributed by atoms with Crippen LogP contribution in [0.1, 0.15) is 34.5 Å². The Labute approximate surface area is 183 Å². The number of hydrogen-bond acceptors (Lipinski definition) is 4. The van der Waals surface area contributed by atoms with Crippen molar-refractivity contribution in [1.29, 1.82) is 0 Å². The summed E-state index contributed by atoms with van der Waals surface area (Å²) in [6.07, 6.45) is 1.51. The molecule has 1 unspecified atom stereocenters. The van der Waals surface area contributed by atoms with E-state index in [-0.39, 0.29) is 11.9 Å². The van der Waals surface area contributed by atoms with E-state index >= 15 is 0 Å². The van der Waals surface area contributed by atoms with Gasteiger partial charge in [0, 0.05) is 10.0 Å². The summed E-state index contributed by atoms with van der Waals surface area (Å²) in [6, 6.07) is 21.6. The molecular weight excluding hydrogens is 442 g/mol. The van der Waals surface area contributed by atoms with E-state index in [0.29, 0.717) is 5.56 Å². The summed E-state index contributed by atoms with van der Waals surface area (Å²) in [7, 11) is 0. The first-order valence-electron chi connectivity index (χ1n) is 9.51. The molecule has 0 aliphatic heterocycles. The van der Waals surface area contributed by atoms with E-state index in [4.69, 9.17) is 0 Å². The Hall–Kier alpha value is -3.32. The van der Waals surface area contributed by atoms with Crippen LogP contribution in [-0.2, 0) is 0 Å². The quantitative estimate of drug-likeness (QED) is 0.459. The van der Waals surface area contributed by atoms with Gasteiger partial charge in [-0.1, -0.05) is 57.9 Å². The van der Waals surface area contributed by atoms with Gasteiger partial charge >= 0.3 is 0 Å². The van der Waals surface area contributed by atoms with Crippen LogP contribution in [0.3, 0.4) is 0 Å². The zero-order valence-electron chi connectivity index (χ0n) is 16.6. The van der Waals surface area contributed by atoms with Gasteiger partial charge in [-0.2, -0.15) is 0 Å². The van der Waals surface area contributed by atoms with Crippen molar-refractivity contribution in [2.45, 2.75) is 19.9 Å². The molecule has 150 valence electrons.